The van der Waals surface area contributed by atoms with Gasteiger partial charge < -0.3 is 19.7 Å². The number of aryl methyl sites for hydroxylation is 1. The van der Waals surface area contributed by atoms with Crippen LogP contribution in [0.3, 0.4) is 0 Å². The second-order valence-corrected chi connectivity index (χ2v) is 5.67. The molecule has 116 valence electrons. The number of carbonyl (C=O) groups excluding carboxylic acids is 1. The van der Waals surface area contributed by atoms with Gasteiger partial charge in [-0.05, 0) is 19.8 Å². The lowest BCUT2D eigenvalue weighted by Gasteiger charge is -2.20. The summed E-state index contributed by atoms with van der Waals surface area (Å²) in [5, 5.41) is 11.9. The minimum absolute atomic E-state index is 0.228. The molecule has 1 atom stereocenters. The Hall–Kier alpha value is -2.05. The van der Waals surface area contributed by atoms with Crippen molar-refractivity contribution in [3.8, 4) is 0 Å². The SMILES string of the molecule is CCCc1ncc(CNC(=O)N2CCC(C)(C(=O)O)C2)o1. The van der Waals surface area contributed by atoms with Gasteiger partial charge in [-0.3, -0.25) is 4.79 Å². The van der Waals surface area contributed by atoms with E-state index in [1.54, 1.807) is 13.1 Å². The van der Waals surface area contributed by atoms with Crippen molar-refractivity contribution < 1.29 is 19.1 Å². The van der Waals surface area contributed by atoms with E-state index >= 15 is 0 Å². The number of hydrogen-bond donors (Lipinski definition) is 2. The van der Waals surface area contributed by atoms with Crippen molar-refractivity contribution in [1.82, 2.24) is 15.2 Å². The Bertz CT molecular complexity index is 528. The molecule has 1 aliphatic heterocycles. The van der Waals surface area contributed by atoms with E-state index in [2.05, 4.69) is 10.3 Å². The lowest BCUT2D eigenvalue weighted by molar-refractivity contribution is -0.147. The smallest absolute Gasteiger partial charge is 0.317 e. The van der Waals surface area contributed by atoms with Crippen molar-refractivity contribution in [3.63, 3.8) is 0 Å². The Kier molecular flexibility index (Phi) is 4.50. The van der Waals surface area contributed by atoms with Gasteiger partial charge in [0.15, 0.2) is 5.89 Å². The predicted molar refractivity (Wildman–Crippen MR) is 74.7 cm³/mol. The number of urea groups is 1. The van der Waals surface area contributed by atoms with Crippen LogP contribution in [-0.4, -0.2) is 40.1 Å². The lowest BCUT2D eigenvalue weighted by atomic mass is 9.90. The normalized spacial score (nSPS) is 21.5. The average Bonchev–Trinajstić information content (AvgIpc) is 3.04. The number of oxazole rings is 1. The highest BCUT2D eigenvalue weighted by molar-refractivity contribution is 5.79. The van der Waals surface area contributed by atoms with E-state index in [1.807, 2.05) is 6.92 Å². The third kappa shape index (κ3) is 3.53. The molecule has 7 nitrogen and oxygen atoms in total. The highest BCUT2D eigenvalue weighted by Crippen LogP contribution is 2.29. The minimum atomic E-state index is -0.864. The fraction of sp³-hybridized carbons (Fsp3) is 0.643. The number of rotatable bonds is 5. The fourth-order valence-corrected chi connectivity index (χ4v) is 2.34. The number of aromatic nitrogens is 1. The molecular formula is C14H21N3O4. The topological polar surface area (TPSA) is 95.7 Å². The van der Waals surface area contributed by atoms with Crippen LogP contribution in [0.1, 0.15) is 38.3 Å². The summed E-state index contributed by atoms with van der Waals surface area (Å²) < 4.78 is 5.48. The summed E-state index contributed by atoms with van der Waals surface area (Å²) in [5.41, 5.74) is -0.849. The Morgan fingerprint density at radius 3 is 2.95 bits per heavy atom. The largest absolute Gasteiger partial charge is 0.481 e. The maximum absolute atomic E-state index is 12.0. The maximum Gasteiger partial charge on any atom is 0.317 e. The van der Waals surface area contributed by atoms with Crippen LogP contribution >= 0.6 is 0 Å². The van der Waals surface area contributed by atoms with Crippen molar-refractivity contribution in [2.75, 3.05) is 13.1 Å². The van der Waals surface area contributed by atoms with Gasteiger partial charge in [0.2, 0.25) is 0 Å². The fourth-order valence-electron chi connectivity index (χ4n) is 2.34. The van der Waals surface area contributed by atoms with E-state index in [-0.39, 0.29) is 19.1 Å². The number of aliphatic carboxylic acids is 1. The molecule has 1 aromatic rings. The van der Waals surface area contributed by atoms with Crippen LogP contribution in [-0.2, 0) is 17.8 Å². The molecule has 0 aliphatic carbocycles. The van der Waals surface area contributed by atoms with Crippen molar-refractivity contribution >= 4 is 12.0 Å². The van der Waals surface area contributed by atoms with E-state index in [0.29, 0.717) is 24.6 Å². The van der Waals surface area contributed by atoms with Crippen molar-refractivity contribution in [1.29, 1.82) is 0 Å². The average molecular weight is 295 g/mol. The molecule has 0 saturated carbocycles. The molecule has 1 fully saturated rings. The molecule has 0 radical (unpaired) electrons. The zero-order valence-corrected chi connectivity index (χ0v) is 12.4. The van der Waals surface area contributed by atoms with Crippen LogP contribution in [0.4, 0.5) is 4.79 Å². The number of likely N-dealkylation sites (tertiary alicyclic amines) is 1. The number of carboxylic acid groups (broad SMARTS) is 1. The first kappa shape index (κ1) is 15.3. The van der Waals surface area contributed by atoms with Gasteiger partial charge >= 0.3 is 12.0 Å². The van der Waals surface area contributed by atoms with Gasteiger partial charge in [-0.2, -0.15) is 0 Å². The van der Waals surface area contributed by atoms with E-state index in [4.69, 9.17) is 9.52 Å². The summed E-state index contributed by atoms with van der Waals surface area (Å²) in [6.07, 6.45) is 3.81. The molecule has 1 aromatic heterocycles. The summed E-state index contributed by atoms with van der Waals surface area (Å²) in [4.78, 5) is 28.8. The van der Waals surface area contributed by atoms with Crippen LogP contribution in [0.5, 0.6) is 0 Å². The first-order chi connectivity index (χ1) is 9.94. The quantitative estimate of drug-likeness (QED) is 0.860. The maximum atomic E-state index is 12.0. The molecule has 2 amide bonds. The zero-order valence-electron chi connectivity index (χ0n) is 12.4. The van der Waals surface area contributed by atoms with E-state index < -0.39 is 11.4 Å². The van der Waals surface area contributed by atoms with Crippen LogP contribution in [0.2, 0.25) is 0 Å². The standard InChI is InChI=1S/C14H21N3O4/c1-3-4-11-15-7-10(21-11)8-16-13(20)17-6-5-14(2,9-17)12(18)19/h7H,3-6,8-9H2,1-2H3,(H,16,20)(H,18,19). The first-order valence-corrected chi connectivity index (χ1v) is 7.14. The van der Waals surface area contributed by atoms with Gasteiger partial charge in [0.1, 0.15) is 5.76 Å². The summed E-state index contributed by atoms with van der Waals surface area (Å²) in [7, 11) is 0. The van der Waals surface area contributed by atoms with Crippen LogP contribution in [0.25, 0.3) is 0 Å². The van der Waals surface area contributed by atoms with E-state index in [9.17, 15) is 9.59 Å². The summed E-state index contributed by atoms with van der Waals surface area (Å²) in [5.74, 6) is 0.408. The molecule has 2 heterocycles. The Morgan fingerprint density at radius 2 is 2.33 bits per heavy atom. The van der Waals surface area contributed by atoms with Crippen molar-refractivity contribution in [3.05, 3.63) is 17.8 Å². The molecule has 0 bridgehead atoms. The number of nitrogens with zero attached hydrogens (tertiary/aromatic N) is 2. The van der Waals surface area contributed by atoms with Crippen LogP contribution in [0, 0.1) is 5.41 Å². The van der Waals surface area contributed by atoms with Gasteiger partial charge in [-0.1, -0.05) is 6.92 Å². The molecule has 2 rings (SSSR count). The third-order valence-corrected chi connectivity index (χ3v) is 3.76. The number of amides is 2. The minimum Gasteiger partial charge on any atom is -0.481 e. The molecule has 0 aromatic carbocycles. The summed E-state index contributed by atoms with van der Waals surface area (Å²) >= 11 is 0. The Morgan fingerprint density at radius 1 is 1.57 bits per heavy atom. The van der Waals surface area contributed by atoms with Gasteiger partial charge in [0.05, 0.1) is 18.2 Å². The molecule has 0 spiro atoms. The molecule has 1 unspecified atom stereocenters. The molecule has 7 heteroatoms. The van der Waals surface area contributed by atoms with Crippen molar-refractivity contribution in [2.45, 2.75) is 39.7 Å². The molecule has 2 N–H and O–H groups in total. The molecule has 1 saturated heterocycles. The highest BCUT2D eigenvalue weighted by Gasteiger charge is 2.42. The molecule has 21 heavy (non-hydrogen) atoms. The van der Waals surface area contributed by atoms with Crippen LogP contribution < -0.4 is 5.32 Å². The first-order valence-electron chi connectivity index (χ1n) is 7.14. The Balaban J connectivity index is 1.83. The van der Waals surface area contributed by atoms with Gasteiger partial charge in [0.25, 0.3) is 0 Å². The molecular weight excluding hydrogens is 274 g/mol. The molecule has 1 aliphatic rings. The number of carbonyl (C=O) groups is 2. The summed E-state index contributed by atoms with van der Waals surface area (Å²) in [6, 6.07) is -0.270. The predicted octanol–water partition coefficient (Wildman–Crippen LogP) is 1.63. The van der Waals surface area contributed by atoms with Gasteiger partial charge in [-0.15, -0.1) is 0 Å². The second kappa shape index (κ2) is 6.15. The highest BCUT2D eigenvalue weighted by atomic mass is 16.4. The zero-order chi connectivity index (χ0) is 15.5. The lowest BCUT2D eigenvalue weighted by Crippen LogP contribution is -2.40. The van der Waals surface area contributed by atoms with Crippen LogP contribution in [0.15, 0.2) is 10.6 Å². The number of carboxylic acids is 1. The number of hydrogen-bond acceptors (Lipinski definition) is 4. The van der Waals surface area contributed by atoms with Gasteiger partial charge in [-0.25, -0.2) is 9.78 Å². The van der Waals surface area contributed by atoms with Crippen molar-refractivity contribution in [2.24, 2.45) is 5.41 Å². The Labute approximate surface area is 123 Å². The second-order valence-electron chi connectivity index (χ2n) is 5.67. The monoisotopic (exact) mass is 295 g/mol. The summed E-state index contributed by atoms with van der Waals surface area (Å²) in [6.45, 7) is 4.64. The van der Waals surface area contributed by atoms with E-state index in [0.717, 1.165) is 12.8 Å². The third-order valence-electron chi connectivity index (χ3n) is 3.76. The van der Waals surface area contributed by atoms with E-state index in [1.165, 1.54) is 4.90 Å². The van der Waals surface area contributed by atoms with Gasteiger partial charge in [0, 0.05) is 19.5 Å². The number of nitrogens with one attached hydrogen (secondary N) is 1.